The fourth-order valence-corrected chi connectivity index (χ4v) is 1.82. The fourth-order valence-electron chi connectivity index (χ4n) is 1.51. The van der Waals surface area contributed by atoms with Gasteiger partial charge in [-0.05, 0) is 18.2 Å². The molecule has 0 saturated heterocycles. The number of aromatic amines is 1. The van der Waals surface area contributed by atoms with Crippen molar-refractivity contribution in [3.8, 4) is 0 Å². The van der Waals surface area contributed by atoms with Gasteiger partial charge in [0.25, 0.3) is 5.91 Å². The molecule has 21 heavy (non-hydrogen) atoms. The summed E-state index contributed by atoms with van der Waals surface area (Å²) in [7, 11) is 0. The van der Waals surface area contributed by atoms with Crippen molar-refractivity contribution in [2.24, 2.45) is 0 Å². The number of carbonyl (C=O) groups excluding carboxylic acids is 2. The van der Waals surface area contributed by atoms with Gasteiger partial charge in [0.1, 0.15) is 17.5 Å². The number of amides is 1. The Morgan fingerprint density at radius 2 is 2.00 bits per heavy atom. The average molecular weight is 328 g/mol. The highest BCUT2D eigenvalue weighted by atomic mass is 35.5. The number of ether oxygens (including phenoxy) is 1. The minimum absolute atomic E-state index is 0.0317. The molecule has 0 aliphatic rings. The summed E-state index contributed by atoms with van der Waals surface area (Å²) in [5, 5.41) is 3.04. The summed E-state index contributed by atoms with van der Waals surface area (Å²) >= 11 is 11.4. The first-order valence-electron chi connectivity index (χ1n) is 5.97. The maximum atomic E-state index is 11.7. The fraction of sp³-hybridized carbons (Fsp3) is 0.154. The van der Waals surface area contributed by atoms with Gasteiger partial charge in [0, 0.05) is 18.0 Å². The average Bonchev–Trinajstić information content (AvgIpc) is 2.84. The largest absolute Gasteiger partial charge is 0.459 e. The predicted molar refractivity (Wildman–Crippen MR) is 77.7 cm³/mol. The van der Waals surface area contributed by atoms with Gasteiger partial charge >= 0.3 is 5.97 Å². The Balaban J connectivity index is 1.75. The minimum atomic E-state index is -0.595. The van der Waals surface area contributed by atoms with E-state index in [-0.39, 0.29) is 34.9 Å². The molecule has 2 aromatic rings. The van der Waals surface area contributed by atoms with Gasteiger partial charge in [0.15, 0.2) is 0 Å². The van der Waals surface area contributed by atoms with Crippen molar-refractivity contribution in [3.05, 3.63) is 52.0 Å². The zero-order valence-corrected chi connectivity index (χ0v) is 12.2. The molecule has 0 spiro atoms. The van der Waals surface area contributed by atoms with Gasteiger partial charge in [-0.15, -0.1) is 0 Å². The lowest BCUT2D eigenvalue weighted by Gasteiger charge is -2.06. The first-order valence-corrected chi connectivity index (χ1v) is 6.73. The van der Waals surface area contributed by atoms with Gasteiger partial charge in [-0.3, -0.25) is 9.78 Å². The Morgan fingerprint density at radius 3 is 2.62 bits per heavy atom. The van der Waals surface area contributed by atoms with Crippen molar-refractivity contribution >= 4 is 35.1 Å². The van der Waals surface area contributed by atoms with E-state index < -0.39 is 5.97 Å². The van der Waals surface area contributed by atoms with Crippen molar-refractivity contribution in [2.75, 3.05) is 13.2 Å². The first kappa shape index (κ1) is 15.3. The van der Waals surface area contributed by atoms with Gasteiger partial charge in [-0.1, -0.05) is 23.2 Å². The van der Waals surface area contributed by atoms with Crippen LogP contribution in [0.3, 0.4) is 0 Å². The van der Waals surface area contributed by atoms with Gasteiger partial charge in [0.2, 0.25) is 0 Å². The summed E-state index contributed by atoms with van der Waals surface area (Å²) < 4.78 is 4.97. The van der Waals surface area contributed by atoms with Gasteiger partial charge < -0.3 is 15.0 Å². The van der Waals surface area contributed by atoms with E-state index in [1.807, 2.05) is 0 Å². The van der Waals surface area contributed by atoms with Crippen LogP contribution in [0.25, 0.3) is 0 Å². The first-order chi connectivity index (χ1) is 10.1. The molecule has 0 aliphatic heterocycles. The summed E-state index contributed by atoms with van der Waals surface area (Å²) in [6, 6.07) is 4.55. The summed E-state index contributed by atoms with van der Waals surface area (Å²) in [6.07, 6.45) is 3.04. The topological polar surface area (TPSA) is 84.1 Å². The number of aromatic nitrogens is 2. The molecular formula is C13H11Cl2N3O3. The maximum Gasteiger partial charge on any atom is 0.354 e. The highest BCUT2D eigenvalue weighted by Crippen LogP contribution is 2.22. The molecule has 0 aromatic carbocycles. The second kappa shape index (κ2) is 7.10. The van der Waals surface area contributed by atoms with Crippen molar-refractivity contribution in [1.29, 1.82) is 0 Å². The van der Waals surface area contributed by atoms with Crippen molar-refractivity contribution in [3.63, 3.8) is 0 Å². The van der Waals surface area contributed by atoms with E-state index >= 15 is 0 Å². The van der Waals surface area contributed by atoms with Gasteiger partial charge in [-0.25, -0.2) is 4.79 Å². The number of esters is 1. The molecule has 0 radical (unpaired) electrons. The SMILES string of the molecule is O=C(NCCOC(=O)c1cc(Cl)c(Cl)[nH]1)c1ccncc1. The number of hydrogen-bond acceptors (Lipinski definition) is 4. The third-order valence-electron chi connectivity index (χ3n) is 2.51. The number of pyridine rings is 1. The Morgan fingerprint density at radius 1 is 1.29 bits per heavy atom. The molecule has 0 bridgehead atoms. The monoisotopic (exact) mass is 327 g/mol. The third-order valence-corrected chi connectivity index (χ3v) is 3.20. The highest BCUT2D eigenvalue weighted by molar-refractivity contribution is 6.41. The van der Waals surface area contributed by atoms with Crippen LogP contribution >= 0.6 is 23.2 Å². The van der Waals surface area contributed by atoms with Crippen LogP contribution in [0.5, 0.6) is 0 Å². The van der Waals surface area contributed by atoms with Crippen LogP contribution in [-0.4, -0.2) is 35.0 Å². The normalized spacial score (nSPS) is 10.2. The lowest BCUT2D eigenvalue weighted by molar-refractivity contribution is 0.0497. The van der Waals surface area contributed by atoms with E-state index in [2.05, 4.69) is 15.3 Å². The van der Waals surface area contributed by atoms with Crippen molar-refractivity contribution < 1.29 is 14.3 Å². The second-order valence-corrected chi connectivity index (χ2v) is 4.76. The number of halogens is 2. The van der Waals surface area contributed by atoms with E-state index in [1.54, 1.807) is 12.1 Å². The molecule has 2 aromatic heterocycles. The van der Waals surface area contributed by atoms with Crippen molar-refractivity contribution in [2.45, 2.75) is 0 Å². The molecule has 2 rings (SSSR count). The third kappa shape index (κ3) is 4.21. The Hall–Kier alpha value is -2.05. The molecule has 0 fully saturated rings. The number of nitrogens with one attached hydrogen (secondary N) is 2. The molecule has 0 unspecified atom stereocenters. The lowest BCUT2D eigenvalue weighted by atomic mass is 10.2. The molecule has 1 amide bonds. The molecule has 6 nitrogen and oxygen atoms in total. The van der Waals surface area contributed by atoms with E-state index in [0.717, 1.165) is 0 Å². The molecule has 0 aliphatic carbocycles. The number of H-pyrrole nitrogens is 1. The molecule has 2 heterocycles. The smallest absolute Gasteiger partial charge is 0.354 e. The van der Waals surface area contributed by atoms with E-state index in [9.17, 15) is 9.59 Å². The van der Waals surface area contributed by atoms with Crippen LogP contribution in [0.2, 0.25) is 10.2 Å². The Labute approximate surface area is 130 Å². The van der Waals surface area contributed by atoms with Crippen LogP contribution < -0.4 is 5.32 Å². The highest BCUT2D eigenvalue weighted by Gasteiger charge is 2.13. The Bertz CT molecular complexity index is 624. The van der Waals surface area contributed by atoms with Crippen LogP contribution in [0.1, 0.15) is 20.8 Å². The van der Waals surface area contributed by atoms with E-state index in [0.29, 0.717) is 5.56 Å². The van der Waals surface area contributed by atoms with Crippen molar-refractivity contribution in [1.82, 2.24) is 15.3 Å². The quantitative estimate of drug-likeness (QED) is 0.652. The summed E-state index contributed by atoms with van der Waals surface area (Å²) in [5.41, 5.74) is 0.643. The number of hydrogen-bond donors (Lipinski definition) is 2. The molecule has 0 atom stereocenters. The molecule has 2 N–H and O–H groups in total. The van der Waals surface area contributed by atoms with Crippen LogP contribution in [0, 0.1) is 0 Å². The number of rotatable bonds is 5. The van der Waals surface area contributed by atoms with Crippen LogP contribution in [0.4, 0.5) is 0 Å². The standard InChI is InChI=1S/C13H11Cl2N3O3/c14-9-7-10(18-11(9)15)13(20)21-6-5-17-12(19)8-1-3-16-4-2-8/h1-4,7,18H,5-6H2,(H,17,19). The molecule has 8 heteroatoms. The zero-order chi connectivity index (χ0) is 15.2. The summed E-state index contributed by atoms with van der Waals surface area (Å²) in [4.78, 5) is 29.7. The van der Waals surface area contributed by atoms with Crippen LogP contribution in [-0.2, 0) is 4.74 Å². The molecular weight excluding hydrogens is 317 g/mol. The second-order valence-electron chi connectivity index (χ2n) is 3.97. The number of nitrogens with zero attached hydrogens (tertiary/aromatic N) is 1. The Kier molecular flexibility index (Phi) is 5.19. The minimum Gasteiger partial charge on any atom is -0.459 e. The van der Waals surface area contributed by atoms with E-state index in [4.69, 9.17) is 27.9 Å². The zero-order valence-electron chi connectivity index (χ0n) is 10.7. The molecule has 0 saturated carbocycles. The van der Waals surface area contributed by atoms with Gasteiger partial charge in [-0.2, -0.15) is 0 Å². The van der Waals surface area contributed by atoms with E-state index in [1.165, 1.54) is 18.5 Å². The summed E-state index contributed by atoms with van der Waals surface area (Å²) in [5.74, 6) is -0.860. The predicted octanol–water partition coefficient (Wildman–Crippen LogP) is 2.30. The molecule has 110 valence electrons. The summed E-state index contributed by atoms with van der Waals surface area (Å²) in [6.45, 7) is 0.221. The maximum absolute atomic E-state index is 11.7. The van der Waals surface area contributed by atoms with Gasteiger partial charge in [0.05, 0.1) is 11.6 Å². The lowest BCUT2D eigenvalue weighted by Crippen LogP contribution is -2.28. The van der Waals surface area contributed by atoms with Crippen LogP contribution in [0.15, 0.2) is 30.6 Å². The number of carbonyl (C=O) groups is 2.